The molecule has 0 atom stereocenters. The van der Waals surface area contributed by atoms with Crippen LogP contribution in [0.3, 0.4) is 0 Å². The Hall–Kier alpha value is -3.61. The number of nitrogens with zero attached hydrogens (tertiary/aromatic N) is 3. The molecule has 0 radical (unpaired) electrons. The Bertz CT molecular complexity index is 1270. The maximum atomic E-state index is 13.1. The summed E-state index contributed by atoms with van der Waals surface area (Å²) in [5.41, 5.74) is 0.205. The van der Waals surface area contributed by atoms with Crippen molar-refractivity contribution in [1.29, 1.82) is 5.26 Å². The zero-order valence-corrected chi connectivity index (χ0v) is 17.8. The second-order valence-corrected chi connectivity index (χ2v) is 8.52. The molecule has 0 saturated carbocycles. The molecule has 0 unspecified atom stereocenters. The van der Waals surface area contributed by atoms with Gasteiger partial charge >= 0.3 is 5.69 Å². The Kier molecular flexibility index (Phi) is 6.44. The van der Waals surface area contributed by atoms with E-state index >= 15 is 0 Å². The molecule has 10 heteroatoms. The maximum absolute atomic E-state index is 13.1. The minimum Gasteiger partial charge on any atom is -0.449 e. The first kappa shape index (κ1) is 22.1. The number of hydrogen-bond donors (Lipinski definition) is 0. The van der Waals surface area contributed by atoms with E-state index in [-0.39, 0.29) is 28.0 Å². The average molecular weight is 458 g/mol. The van der Waals surface area contributed by atoms with Crippen LogP contribution < -0.4 is 9.04 Å². The third kappa shape index (κ3) is 4.60. The second-order valence-electron chi connectivity index (χ2n) is 6.25. The minimum atomic E-state index is -4.06. The third-order valence-corrected chi connectivity index (χ3v) is 6.52. The highest BCUT2D eigenvalue weighted by molar-refractivity contribution is 7.92. The van der Waals surface area contributed by atoms with Crippen LogP contribution >= 0.6 is 11.6 Å². The van der Waals surface area contributed by atoms with Crippen molar-refractivity contribution in [2.45, 2.75) is 11.8 Å². The molecule has 0 heterocycles. The van der Waals surface area contributed by atoms with Crippen molar-refractivity contribution in [3.05, 3.63) is 87.4 Å². The van der Waals surface area contributed by atoms with Crippen molar-refractivity contribution in [1.82, 2.24) is 0 Å². The molecule has 0 aliphatic carbocycles. The number of hydrogen-bond acceptors (Lipinski definition) is 6. The predicted octanol–water partition coefficient (Wildman–Crippen LogP) is 5.13. The normalized spacial score (nSPS) is 10.9. The molecular formula is C21H16ClN3O5S. The number of ether oxygens (including phenoxy) is 1. The van der Waals surface area contributed by atoms with Gasteiger partial charge in [0.05, 0.1) is 32.2 Å². The lowest BCUT2D eigenvalue weighted by molar-refractivity contribution is -0.385. The first-order valence-electron chi connectivity index (χ1n) is 9.01. The van der Waals surface area contributed by atoms with Gasteiger partial charge < -0.3 is 4.74 Å². The number of nitro groups is 1. The molecule has 0 N–H and O–H groups in total. The van der Waals surface area contributed by atoms with E-state index in [0.29, 0.717) is 11.3 Å². The first-order chi connectivity index (χ1) is 14.8. The number of benzene rings is 3. The molecule has 0 spiro atoms. The number of anilines is 1. The number of para-hydroxylation sites is 1. The van der Waals surface area contributed by atoms with Crippen molar-refractivity contribution in [2.24, 2.45) is 0 Å². The lowest BCUT2D eigenvalue weighted by Gasteiger charge is -2.23. The number of nitro benzene ring substituents is 1. The summed E-state index contributed by atoms with van der Waals surface area (Å²) in [5, 5.41) is 20.6. The van der Waals surface area contributed by atoms with E-state index in [2.05, 4.69) is 0 Å². The fraction of sp³-hybridized carbons (Fsp3) is 0.0952. The van der Waals surface area contributed by atoms with Crippen molar-refractivity contribution < 1.29 is 18.1 Å². The Labute approximate surface area is 184 Å². The molecule has 8 nitrogen and oxygen atoms in total. The molecule has 0 saturated heterocycles. The zero-order valence-electron chi connectivity index (χ0n) is 16.2. The Morgan fingerprint density at radius 1 is 1.10 bits per heavy atom. The van der Waals surface area contributed by atoms with Gasteiger partial charge in [0.2, 0.25) is 5.75 Å². The van der Waals surface area contributed by atoms with Gasteiger partial charge in [0.1, 0.15) is 5.75 Å². The minimum absolute atomic E-state index is 0.0891. The Morgan fingerprint density at radius 2 is 1.77 bits per heavy atom. The standard InChI is InChI=1S/C21H16ClN3O5S/c1-2-24(16-6-4-3-5-7-16)31(28,29)17-9-11-21(19(13-17)25(26)27)30-20-10-8-15(14-23)12-18(20)22/h3-13H,2H2,1H3. The SMILES string of the molecule is CCN(c1ccccc1)S(=O)(=O)c1ccc(Oc2ccc(C#N)cc2Cl)c([N+](=O)[O-])c1. The lowest BCUT2D eigenvalue weighted by atomic mass is 10.2. The van der Waals surface area contributed by atoms with Crippen LogP contribution in [0.5, 0.6) is 11.5 Å². The second kappa shape index (κ2) is 9.04. The Balaban J connectivity index is 2.02. The van der Waals surface area contributed by atoms with E-state index < -0.39 is 20.6 Å². The van der Waals surface area contributed by atoms with Crippen LogP contribution in [-0.4, -0.2) is 19.9 Å². The summed E-state index contributed by atoms with van der Waals surface area (Å²) in [4.78, 5) is 10.6. The Morgan fingerprint density at radius 3 is 2.35 bits per heavy atom. The molecule has 3 rings (SSSR count). The van der Waals surface area contributed by atoms with Crippen LogP contribution in [0.15, 0.2) is 71.6 Å². The van der Waals surface area contributed by atoms with Gasteiger partial charge in [-0.3, -0.25) is 14.4 Å². The number of sulfonamides is 1. The molecule has 0 bridgehead atoms. The highest BCUT2D eigenvalue weighted by atomic mass is 35.5. The molecule has 158 valence electrons. The summed E-state index contributed by atoms with van der Waals surface area (Å²) < 4.78 is 33.0. The molecule has 3 aromatic rings. The van der Waals surface area contributed by atoms with Crippen molar-refractivity contribution >= 4 is 33.0 Å². The maximum Gasteiger partial charge on any atom is 0.312 e. The monoisotopic (exact) mass is 457 g/mol. The molecule has 0 aromatic heterocycles. The fourth-order valence-electron chi connectivity index (χ4n) is 2.87. The van der Waals surface area contributed by atoms with Crippen LogP contribution in [0.1, 0.15) is 12.5 Å². The smallest absolute Gasteiger partial charge is 0.312 e. The van der Waals surface area contributed by atoms with Crippen molar-refractivity contribution in [3.63, 3.8) is 0 Å². The first-order valence-corrected chi connectivity index (χ1v) is 10.8. The van der Waals surface area contributed by atoms with Gasteiger partial charge in [-0.25, -0.2) is 8.42 Å². The van der Waals surface area contributed by atoms with E-state index in [0.717, 1.165) is 10.4 Å². The predicted molar refractivity (Wildman–Crippen MR) is 116 cm³/mol. The average Bonchev–Trinajstić information content (AvgIpc) is 2.76. The van der Waals surface area contributed by atoms with Crippen LogP contribution in [0, 0.1) is 21.4 Å². The zero-order chi connectivity index (χ0) is 22.6. The third-order valence-electron chi connectivity index (χ3n) is 4.33. The molecule has 31 heavy (non-hydrogen) atoms. The molecular weight excluding hydrogens is 442 g/mol. The summed E-state index contributed by atoms with van der Waals surface area (Å²) in [6, 6.07) is 18.0. The number of halogens is 1. The largest absolute Gasteiger partial charge is 0.449 e. The fourth-order valence-corrected chi connectivity index (χ4v) is 4.58. The summed E-state index contributed by atoms with van der Waals surface area (Å²) in [6.07, 6.45) is 0. The molecule has 3 aromatic carbocycles. The van der Waals surface area contributed by atoms with Gasteiger partial charge in [-0.15, -0.1) is 0 Å². The van der Waals surface area contributed by atoms with E-state index in [1.165, 1.54) is 30.3 Å². The summed E-state index contributed by atoms with van der Waals surface area (Å²) in [6.45, 7) is 1.81. The van der Waals surface area contributed by atoms with Gasteiger partial charge in [0.15, 0.2) is 0 Å². The summed E-state index contributed by atoms with van der Waals surface area (Å²) >= 11 is 6.07. The highest BCUT2D eigenvalue weighted by Crippen LogP contribution is 2.37. The van der Waals surface area contributed by atoms with E-state index in [4.69, 9.17) is 21.6 Å². The van der Waals surface area contributed by atoms with Gasteiger partial charge in [-0.05, 0) is 49.4 Å². The molecule has 0 aliphatic rings. The van der Waals surface area contributed by atoms with E-state index in [1.54, 1.807) is 37.3 Å². The number of nitriles is 1. The van der Waals surface area contributed by atoms with Crippen molar-refractivity contribution in [3.8, 4) is 17.6 Å². The van der Waals surface area contributed by atoms with Crippen LogP contribution in [0.4, 0.5) is 11.4 Å². The molecule has 0 fully saturated rings. The van der Waals surface area contributed by atoms with Gasteiger partial charge in [-0.1, -0.05) is 29.8 Å². The van der Waals surface area contributed by atoms with Crippen LogP contribution in [0.2, 0.25) is 5.02 Å². The molecule has 0 amide bonds. The van der Waals surface area contributed by atoms with E-state index in [9.17, 15) is 18.5 Å². The van der Waals surface area contributed by atoms with E-state index in [1.807, 2.05) is 6.07 Å². The van der Waals surface area contributed by atoms with Gasteiger partial charge in [0.25, 0.3) is 10.0 Å². The highest BCUT2D eigenvalue weighted by Gasteiger charge is 2.28. The lowest BCUT2D eigenvalue weighted by Crippen LogP contribution is -2.30. The summed E-state index contributed by atoms with van der Waals surface area (Å²) in [5.74, 6) is -0.0860. The van der Waals surface area contributed by atoms with Crippen molar-refractivity contribution in [2.75, 3.05) is 10.8 Å². The van der Waals surface area contributed by atoms with Crippen LogP contribution in [0.25, 0.3) is 0 Å². The summed E-state index contributed by atoms with van der Waals surface area (Å²) in [7, 11) is -4.06. The molecule has 0 aliphatic heterocycles. The quantitative estimate of drug-likeness (QED) is 0.359. The van der Waals surface area contributed by atoms with Gasteiger partial charge in [0, 0.05) is 12.6 Å². The topological polar surface area (TPSA) is 114 Å². The number of rotatable bonds is 7. The van der Waals surface area contributed by atoms with Gasteiger partial charge in [-0.2, -0.15) is 5.26 Å². The van der Waals surface area contributed by atoms with Crippen LogP contribution in [-0.2, 0) is 10.0 Å².